The normalized spacial score (nSPS) is 25.1. The molecule has 6 nitrogen and oxygen atoms in total. The van der Waals surface area contributed by atoms with E-state index in [1.54, 1.807) is 78.9 Å². The second-order valence-corrected chi connectivity index (χ2v) is 8.82. The van der Waals surface area contributed by atoms with Gasteiger partial charge in [0.2, 0.25) is 29.0 Å². The van der Waals surface area contributed by atoms with Gasteiger partial charge in [-0.05, 0) is 29.8 Å². The summed E-state index contributed by atoms with van der Waals surface area (Å²) in [5.41, 5.74) is -0.705. The molecule has 2 amide bonds. The molecule has 0 bridgehead atoms. The SMILES string of the molecule is O=C1[C@@H]2[C@@H](C(=O)N1c1ccccc1)C1(O[C@H]2c2ccc(Cl)cc2)C(=O)c2ccccc2C1=O. The van der Waals surface area contributed by atoms with E-state index in [0.717, 1.165) is 4.90 Å². The van der Waals surface area contributed by atoms with Crippen molar-refractivity contribution in [2.75, 3.05) is 4.90 Å². The number of ether oxygens (including phenoxy) is 1. The molecule has 0 unspecified atom stereocenters. The molecular weight excluding hydrogens is 442 g/mol. The molecule has 6 rings (SSSR count). The summed E-state index contributed by atoms with van der Waals surface area (Å²) in [5.74, 6) is -4.55. The van der Waals surface area contributed by atoms with Crippen molar-refractivity contribution in [1.29, 1.82) is 0 Å². The van der Waals surface area contributed by atoms with Gasteiger partial charge in [-0.2, -0.15) is 0 Å². The quantitative estimate of drug-likeness (QED) is 0.428. The third-order valence-corrected chi connectivity index (χ3v) is 6.98. The molecule has 0 N–H and O–H groups in total. The number of halogens is 1. The predicted molar refractivity (Wildman–Crippen MR) is 119 cm³/mol. The number of carbonyl (C=O) groups is 4. The fourth-order valence-electron chi connectivity index (χ4n) is 5.30. The molecule has 1 spiro atoms. The number of amides is 2. The molecule has 0 saturated carbocycles. The van der Waals surface area contributed by atoms with Crippen molar-refractivity contribution < 1.29 is 23.9 Å². The molecule has 2 aliphatic heterocycles. The Morgan fingerprint density at radius 3 is 1.91 bits per heavy atom. The van der Waals surface area contributed by atoms with E-state index in [-0.39, 0.29) is 11.1 Å². The second-order valence-electron chi connectivity index (χ2n) is 8.38. The molecule has 1 aliphatic carbocycles. The minimum atomic E-state index is -2.07. The van der Waals surface area contributed by atoms with Crippen molar-refractivity contribution in [3.05, 3.63) is 101 Å². The van der Waals surface area contributed by atoms with E-state index < -0.39 is 46.9 Å². The summed E-state index contributed by atoms with van der Waals surface area (Å²) in [4.78, 5) is 55.8. The molecular formula is C26H16ClNO5. The van der Waals surface area contributed by atoms with E-state index in [2.05, 4.69) is 0 Å². The lowest BCUT2D eigenvalue weighted by atomic mass is 9.77. The van der Waals surface area contributed by atoms with Crippen molar-refractivity contribution in [2.45, 2.75) is 11.7 Å². The van der Waals surface area contributed by atoms with Crippen molar-refractivity contribution in [2.24, 2.45) is 11.8 Å². The van der Waals surface area contributed by atoms with Crippen LogP contribution in [0.3, 0.4) is 0 Å². The fraction of sp³-hybridized carbons (Fsp3) is 0.154. The van der Waals surface area contributed by atoms with Crippen molar-refractivity contribution in [3.8, 4) is 0 Å². The molecule has 3 atom stereocenters. The molecule has 7 heteroatoms. The smallest absolute Gasteiger partial charge is 0.241 e. The number of benzene rings is 3. The van der Waals surface area contributed by atoms with Crippen LogP contribution in [-0.4, -0.2) is 29.0 Å². The zero-order valence-electron chi connectivity index (χ0n) is 17.1. The minimum absolute atomic E-state index is 0.205. The van der Waals surface area contributed by atoms with Crippen LogP contribution in [-0.2, 0) is 14.3 Å². The molecule has 33 heavy (non-hydrogen) atoms. The van der Waals surface area contributed by atoms with Crippen LogP contribution in [0, 0.1) is 11.8 Å². The largest absolute Gasteiger partial charge is 0.349 e. The zero-order valence-corrected chi connectivity index (χ0v) is 17.9. The average molecular weight is 458 g/mol. The fourth-order valence-corrected chi connectivity index (χ4v) is 5.43. The summed E-state index contributed by atoms with van der Waals surface area (Å²) in [6.07, 6.45) is -0.959. The summed E-state index contributed by atoms with van der Waals surface area (Å²) in [6.45, 7) is 0. The highest BCUT2D eigenvalue weighted by Crippen LogP contribution is 2.57. The lowest BCUT2D eigenvalue weighted by Gasteiger charge is -2.27. The van der Waals surface area contributed by atoms with Gasteiger partial charge in [0, 0.05) is 16.1 Å². The van der Waals surface area contributed by atoms with Gasteiger partial charge in [-0.15, -0.1) is 0 Å². The number of hydrogen-bond donors (Lipinski definition) is 0. The number of ketones is 2. The highest BCUT2D eigenvalue weighted by atomic mass is 35.5. The first-order valence-corrected chi connectivity index (χ1v) is 10.9. The number of para-hydroxylation sites is 1. The van der Waals surface area contributed by atoms with Crippen LogP contribution in [0.1, 0.15) is 32.4 Å². The first-order valence-electron chi connectivity index (χ1n) is 10.5. The summed E-state index contributed by atoms with van der Waals surface area (Å²) >= 11 is 6.03. The highest BCUT2D eigenvalue weighted by Gasteiger charge is 2.74. The Labute approximate surface area is 193 Å². The van der Waals surface area contributed by atoms with Crippen LogP contribution in [0.15, 0.2) is 78.9 Å². The summed E-state index contributed by atoms with van der Waals surface area (Å²) in [7, 11) is 0. The topological polar surface area (TPSA) is 80.8 Å². The van der Waals surface area contributed by atoms with E-state index >= 15 is 0 Å². The number of carbonyl (C=O) groups excluding carboxylic acids is 4. The van der Waals surface area contributed by atoms with Crippen molar-refractivity contribution in [3.63, 3.8) is 0 Å². The molecule has 2 fully saturated rings. The number of hydrogen-bond acceptors (Lipinski definition) is 5. The monoisotopic (exact) mass is 457 g/mol. The molecule has 3 aromatic carbocycles. The van der Waals surface area contributed by atoms with Crippen LogP contribution in [0.4, 0.5) is 5.69 Å². The Hall–Kier alpha value is -3.61. The van der Waals surface area contributed by atoms with Crippen molar-refractivity contribution in [1.82, 2.24) is 0 Å². The zero-order chi connectivity index (χ0) is 22.9. The molecule has 0 radical (unpaired) electrons. The van der Waals surface area contributed by atoms with Gasteiger partial charge in [0.25, 0.3) is 0 Å². The maximum atomic E-state index is 13.7. The van der Waals surface area contributed by atoms with Crippen LogP contribution in [0.5, 0.6) is 0 Å². The molecule has 2 heterocycles. The van der Waals surface area contributed by atoms with Crippen LogP contribution < -0.4 is 4.90 Å². The van der Waals surface area contributed by atoms with Gasteiger partial charge in [-0.1, -0.05) is 66.2 Å². The Balaban J connectivity index is 1.55. The molecule has 2 saturated heterocycles. The van der Waals surface area contributed by atoms with E-state index in [9.17, 15) is 19.2 Å². The lowest BCUT2D eigenvalue weighted by Crippen LogP contribution is -2.51. The first kappa shape index (κ1) is 20.0. The number of imide groups is 1. The third kappa shape index (κ3) is 2.53. The van der Waals surface area contributed by atoms with E-state index in [0.29, 0.717) is 16.3 Å². The Morgan fingerprint density at radius 1 is 0.727 bits per heavy atom. The second kappa shape index (κ2) is 6.94. The van der Waals surface area contributed by atoms with E-state index in [1.807, 2.05) is 0 Å². The standard InChI is InChI=1S/C26H16ClNO5/c27-15-12-10-14(11-13-15)21-19-20(25(32)28(24(19)31)16-6-2-1-3-7-16)26(33-21)22(29)17-8-4-5-9-18(17)23(26)30/h1-13,19-21H/t19-,20+,21+/m1/s1. The highest BCUT2D eigenvalue weighted by molar-refractivity contribution is 6.37. The number of Topliss-reactive ketones (excluding diaryl/α,β-unsaturated/α-hetero) is 2. The maximum Gasteiger partial charge on any atom is 0.241 e. The lowest BCUT2D eigenvalue weighted by molar-refractivity contribution is -0.127. The van der Waals surface area contributed by atoms with Gasteiger partial charge in [0.15, 0.2) is 0 Å². The summed E-state index contributed by atoms with van der Waals surface area (Å²) in [5, 5.41) is 0.489. The van der Waals surface area contributed by atoms with Gasteiger partial charge in [-0.3, -0.25) is 19.2 Å². The van der Waals surface area contributed by atoms with Gasteiger partial charge >= 0.3 is 0 Å². The van der Waals surface area contributed by atoms with Gasteiger partial charge in [0.1, 0.15) is 0 Å². The van der Waals surface area contributed by atoms with Crippen LogP contribution in [0.2, 0.25) is 5.02 Å². The summed E-state index contributed by atoms with van der Waals surface area (Å²) < 4.78 is 6.22. The Morgan fingerprint density at radius 2 is 1.30 bits per heavy atom. The maximum absolute atomic E-state index is 13.7. The Kier molecular flexibility index (Phi) is 4.21. The Bertz CT molecular complexity index is 1320. The van der Waals surface area contributed by atoms with Gasteiger partial charge in [-0.25, -0.2) is 4.90 Å². The van der Waals surface area contributed by atoms with E-state index in [4.69, 9.17) is 16.3 Å². The molecule has 3 aliphatic rings. The predicted octanol–water partition coefficient (Wildman–Crippen LogP) is 4.04. The van der Waals surface area contributed by atoms with Gasteiger partial charge < -0.3 is 4.74 Å². The van der Waals surface area contributed by atoms with Crippen molar-refractivity contribution >= 4 is 40.7 Å². The number of nitrogens with zero attached hydrogens (tertiary/aromatic N) is 1. The van der Waals surface area contributed by atoms with Crippen LogP contribution in [0.25, 0.3) is 0 Å². The summed E-state index contributed by atoms with van der Waals surface area (Å²) in [6, 6.07) is 21.6. The minimum Gasteiger partial charge on any atom is -0.349 e. The third-order valence-electron chi connectivity index (χ3n) is 6.73. The first-order chi connectivity index (χ1) is 15.9. The van der Waals surface area contributed by atoms with E-state index in [1.165, 1.54) is 0 Å². The van der Waals surface area contributed by atoms with Gasteiger partial charge in [0.05, 0.1) is 23.6 Å². The number of rotatable bonds is 2. The molecule has 0 aromatic heterocycles. The number of anilines is 1. The number of fused-ring (bicyclic) bond motifs is 3. The average Bonchev–Trinajstić information content (AvgIpc) is 3.40. The molecule has 162 valence electrons. The van der Waals surface area contributed by atoms with Crippen LogP contribution >= 0.6 is 11.6 Å². The molecule has 3 aromatic rings.